The van der Waals surface area contributed by atoms with E-state index < -0.39 is 35.3 Å². The van der Waals surface area contributed by atoms with Crippen LogP contribution in [0, 0.1) is 5.82 Å². The van der Waals surface area contributed by atoms with Crippen molar-refractivity contribution in [3.63, 3.8) is 0 Å². The maximum Gasteiger partial charge on any atom is 0.335 e. The minimum absolute atomic E-state index is 0.0433. The molecule has 2 aromatic carbocycles. The molecule has 4 aromatic rings. The summed E-state index contributed by atoms with van der Waals surface area (Å²) < 4.78 is 19.8. The summed E-state index contributed by atoms with van der Waals surface area (Å²) in [4.78, 5) is 47.6. The number of carboxylic acid groups (broad SMARTS) is 1. The molecule has 36 heavy (non-hydrogen) atoms. The lowest BCUT2D eigenvalue weighted by molar-refractivity contribution is -0.132. The molecule has 11 heteroatoms. The second-order valence-corrected chi connectivity index (χ2v) is 8.79. The SMILES string of the molecule is COc1ccc(F)cc1/C(O)=C1\C(=O)C(=O)N(c2nc3ccc(C(=O)O)cc3s2)C1c1cccnc1. The number of halogens is 1. The minimum Gasteiger partial charge on any atom is -0.507 e. The number of aromatic nitrogens is 2. The number of ketones is 1. The zero-order valence-corrected chi connectivity index (χ0v) is 19.3. The van der Waals surface area contributed by atoms with Crippen molar-refractivity contribution in [2.45, 2.75) is 6.04 Å². The highest BCUT2D eigenvalue weighted by atomic mass is 32.1. The number of carbonyl (C=O) groups is 3. The number of aliphatic hydroxyl groups excluding tert-OH is 1. The fourth-order valence-electron chi connectivity index (χ4n) is 4.04. The van der Waals surface area contributed by atoms with Crippen LogP contribution in [0.1, 0.15) is 27.5 Å². The van der Waals surface area contributed by atoms with Gasteiger partial charge in [-0.3, -0.25) is 19.5 Å². The number of anilines is 1. The molecule has 180 valence electrons. The zero-order valence-electron chi connectivity index (χ0n) is 18.5. The van der Waals surface area contributed by atoms with E-state index in [4.69, 9.17) is 4.74 Å². The van der Waals surface area contributed by atoms with Gasteiger partial charge in [0.1, 0.15) is 17.3 Å². The zero-order chi connectivity index (χ0) is 25.6. The number of aliphatic hydroxyl groups is 1. The molecule has 1 aliphatic heterocycles. The molecule has 1 atom stereocenters. The molecule has 1 unspecified atom stereocenters. The topological polar surface area (TPSA) is 130 Å². The van der Waals surface area contributed by atoms with Crippen LogP contribution >= 0.6 is 11.3 Å². The smallest absolute Gasteiger partial charge is 0.335 e. The fraction of sp³-hybridized carbons (Fsp3) is 0.0800. The van der Waals surface area contributed by atoms with Crippen LogP contribution in [0.2, 0.25) is 0 Å². The molecule has 0 saturated carbocycles. The molecule has 0 bridgehead atoms. The van der Waals surface area contributed by atoms with Crippen molar-refractivity contribution in [3.05, 3.63) is 89.0 Å². The van der Waals surface area contributed by atoms with Gasteiger partial charge in [0.15, 0.2) is 5.13 Å². The van der Waals surface area contributed by atoms with Gasteiger partial charge < -0.3 is 14.9 Å². The number of amides is 1. The second kappa shape index (κ2) is 8.86. The number of hydrogen-bond donors (Lipinski definition) is 2. The number of pyridine rings is 1. The van der Waals surface area contributed by atoms with E-state index in [0.717, 1.165) is 28.4 Å². The number of thiazole rings is 1. The molecule has 3 heterocycles. The quantitative estimate of drug-likeness (QED) is 0.235. The summed E-state index contributed by atoms with van der Waals surface area (Å²) >= 11 is 1.02. The lowest BCUT2D eigenvalue weighted by atomic mass is 9.96. The Bertz CT molecular complexity index is 1580. The lowest BCUT2D eigenvalue weighted by Gasteiger charge is -2.22. The largest absolute Gasteiger partial charge is 0.507 e. The molecule has 1 saturated heterocycles. The number of Topliss-reactive ketones (excluding diaryl/α,β-unsaturated/α-hetero) is 1. The van der Waals surface area contributed by atoms with E-state index in [1.165, 1.54) is 43.8 Å². The van der Waals surface area contributed by atoms with Crippen LogP contribution in [0.3, 0.4) is 0 Å². The number of carbonyl (C=O) groups excluding carboxylic acids is 2. The number of methoxy groups -OCH3 is 1. The Hall–Kier alpha value is -4.64. The normalized spacial score (nSPS) is 17.1. The molecule has 2 aromatic heterocycles. The van der Waals surface area contributed by atoms with Crippen LogP contribution in [-0.2, 0) is 9.59 Å². The van der Waals surface area contributed by atoms with E-state index in [1.807, 2.05) is 0 Å². The van der Waals surface area contributed by atoms with Crippen LogP contribution in [-0.4, -0.2) is 45.0 Å². The van der Waals surface area contributed by atoms with Gasteiger partial charge in [0.25, 0.3) is 5.78 Å². The van der Waals surface area contributed by atoms with E-state index in [1.54, 1.807) is 12.1 Å². The Morgan fingerprint density at radius 2 is 1.94 bits per heavy atom. The minimum atomic E-state index is -1.13. The fourth-order valence-corrected chi connectivity index (χ4v) is 5.07. The van der Waals surface area contributed by atoms with E-state index in [2.05, 4.69) is 9.97 Å². The Morgan fingerprint density at radius 1 is 1.14 bits per heavy atom. The van der Waals surface area contributed by atoms with Gasteiger partial charge in [0.05, 0.1) is 40.1 Å². The highest BCUT2D eigenvalue weighted by Crippen LogP contribution is 2.45. The van der Waals surface area contributed by atoms with E-state index in [-0.39, 0.29) is 27.6 Å². The average molecular weight is 505 g/mol. The summed E-state index contributed by atoms with van der Waals surface area (Å²) in [6, 6.07) is 9.86. The third-order valence-electron chi connectivity index (χ3n) is 5.69. The maximum atomic E-state index is 14.1. The van der Waals surface area contributed by atoms with Gasteiger partial charge in [-0.05, 0) is 48.0 Å². The van der Waals surface area contributed by atoms with Crippen molar-refractivity contribution in [2.24, 2.45) is 0 Å². The van der Waals surface area contributed by atoms with Gasteiger partial charge in [-0.1, -0.05) is 17.4 Å². The molecule has 0 radical (unpaired) electrons. The second-order valence-electron chi connectivity index (χ2n) is 7.78. The van der Waals surface area contributed by atoms with Crippen molar-refractivity contribution >= 4 is 50.1 Å². The summed E-state index contributed by atoms with van der Waals surface area (Å²) in [7, 11) is 1.33. The van der Waals surface area contributed by atoms with Crippen LogP contribution in [0.4, 0.5) is 9.52 Å². The molecule has 5 rings (SSSR count). The Balaban J connectivity index is 1.73. The molecular formula is C25H16FN3O6S. The number of ether oxygens (including phenoxy) is 1. The number of nitrogens with zero attached hydrogens (tertiary/aromatic N) is 3. The predicted octanol–water partition coefficient (Wildman–Crippen LogP) is 4.16. The molecule has 1 amide bonds. The van der Waals surface area contributed by atoms with Gasteiger partial charge >= 0.3 is 11.9 Å². The number of rotatable bonds is 5. The monoisotopic (exact) mass is 505 g/mol. The van der Waals surface area contributed by atoms with E-state index >= 15 is 0 Å². The van der Waals surface area contributed by atoms with Gasteiger partial charge in [0, 0.05) is 12.4 Å². The third-order valence-corrected chi connectivity index (χ3v) is 6.71. The van der Waals surface area contributed by atoms with Crippen molar-refractivity contribution in [1.82, 2.24) is 9.97 Å². The first-order valence-corrected chi connectivity index (χ1v) is 11.3. The Kier molecular flexibility index (Phi) is 5.69. The van der Waals surface area contributed by atoms with E-state index in [0.29, 0.717) is 15.8 Å². The number of hydrogen-bond acceptors (Lipinski definition) is 8. The molecule has 0 aliphatic carbocycles. The summed E-state index contributed by atoms with van der Waals surface area (Å²) in [5.41, 5.74) is 0.488. The van der Waals surface area contributed by atoms with Crippen molar-refractivity contribution in [1.29, 1.82) is 0 Å². The molecular weight excluding hydrogens is 489 g/mol. The average Bonchev–Trinajstić information content (AvgIpc) is 3.41. The van der Waals surface area contributed by atoms with Gasteiger partial charge in [0.2, 0.25) is 0 Å². The highest BCUT2D eigenvalue weighted by molar-refractivity contribution is 7.22. The van der Waals surface area contributed by atoms with Gasteiger partial charge in [-0.25, -0.2) is 14.2 Å². The first-order chi connectivity index (χ1) is 17.3. The van der Waals surface area contributed by atoms with Crippen molar-refractivity contribution in [3.8, 4) is 5.75 Å². The predicted molar refractivity (Wildman–Crippen MR) is 129 cm³/mol. The summed E-state index contributed by atoms with van der Waals surface area (Å²) in [5, 5.41) is 20.6. The highest BCUT2D eigenvalue weighted by Gasteiger charge is 2.48. The van der Waals surface area contributed by atoms with Gasteiger partial charge in [-0.15, -0.1) is 0 Å². The third kappa shape index (κ3) is 3.75. The van der Waals surface area contributed by atoms with Crippen LogP contribution in [0.15, 0.2) is 66.5 Å². The first kappa shape index (κ1) is 23.1. The molecule has 1 fully saturated rings. The number of aromatic carboxylic acids is 1. The summed E-state index contributed by atoms with van der Waals surface area (Å²) in [6.07, 6.45) is 2.95. The summed E-state index contributed by atoms with van der Waals surface area (Å²) in [6.45, 7) is 0. The Labute approximate surface area is 206 Å². The first-order valence-electron chi connectivity index (χ1n) is 10.5. The molecule has 1 aliphatic rings. The Morgan fingerprint density at radius 3 is 2.64 bits per heavy atom. The van der Waals surface area contributed by atoms with Gasteiger partial charge in [-0.2, -0.15) is 0 Å². The van der Waals surface area contributed by atoms with Crippen molar-refractivity contribution < 1.29 is 33.7 Å². The van der Waals surface area contributed by atoms with Crippen LogP contribution in [0.25, 0.3) is 16.0 Å². The van der Waals surface area contributed by atoms with Crippen LogP contribution < -0.4 is 9.64 Å². The maximum absolute atomic E-state index is 14.1. The summed E-state index contributed by atoms with van der Waals surface area (Å²) in [5.74, 6) is -4.27. The van der Waals surface area contributed by atoms with Crippen molar-refractivity contribution in [2.75, 3.05) is 12.0 Å². The number of benzene rings is 2. The standard InChI is InChI=1S/C25H16FN3O6S/c1-35-17-7-5-14(26)10-15(17)21(30)19-20(13-3-2-8-27-11-13)29(23(32)22(19)31)25-28-16-6-4-12(24(33)34)9-18(16)36-25/h2-11,20,30H,1H3,(H,33,34)/b21-19+. The lowest BCUT2D eigenvalue weighted by Crippen LogP contribution is -2.29. The molecule has 2 N–H and O–H groups in total. The van der Waals surface area contributed by atoms with Crippen LogP contribution in [0.5, 0.6) is 5.75 Å². The van der Waals surface area contributed by atoms with E-state index in [9.17, 15) is 29.0 Å². The number of carboxylic acids is 1. The molecule has 0 spiro atoms. The molecule has 9 nitrogen and oxygen atoms in total. The number of fused-ring (bicyclic) bond motifs is 1.